The van der Waals surface area contributed by atoms with Crippen LogP contribution < -0.4 is 0 Å². The smallest absolute Gasteiger partial charge is 0.143 e. The fraction of sp³-hybridized carbons (Fsp3) is 0.342. The number of hydrogen-bond acceptors (Lipinski definition) is 3. The normalized spacial score (nSPS) is 13.3. The molecule has 0 bridgehead atoms. The molecule has 79 heavy (non-hydrogen) atoms. The molecule has 0 aliphatic heterocycles. The summed E-state index contributed by atoms with van der Waals surface area (Å²) >= 11 is 0. The van der Waals surface area contributed by atoms with Crippen molar-refractivity contribution in [2.45, 2.75) is 131 Å². The van der Waals surface area contributed by atoms with Crippen molar-refractivity contribution in [1.82, 2.24) is 0 Å². The molecule has 1 N–H and O–H groups in total. The van der Waals surface area contributed by atoms with Crippen LogP contribution in [0.2, 0.25) is 0 Å². The quantitative estimate of drug-likeness (QED) is 0.139. The van der Waals surface area contributed by atoms with Crippen LogP contribution in [0.5, 0.6) is 5.75 Å². The molecule has 3 nitrogen and oxygen atoms in total. The second kappa shape index (κ2) is 24.3. The van der Waals surface area contributed by atoms with Gasteiger partial charge in [0.25, 0.3) is 0 Å². The Morgan fingerprint density at radius 1 is 0.392 bits per heavy atom. The van der Waals surface area contributed by atoms with E-state index in [1.165, 1.54) is 0 Å². The van der Waals surface area contributed by atoms with Gasteiger partial charge in [0.1, 0.15) is 17.1 Å². The predicted molar refractivity (Wildman–Crippen MR) is 332 cm³/mol. The summed E-state index contributed by atoms with van der Waals surface area (Å²) in [4.78, 5) is 0. The Labute approximate surface area is 475 Å². The van der Waals surface area contributed by atoms with Gasteiger partial charge in [-0.25, -0.2) is 0 Å². The van der Waals surface area contributed by atoms with Gasteiger partial charge < -0.3 is 5.11 Å². The highest BCUT2D eigenvalue weighted by atomic mass is 16.3. The van der Waals surface area contributed by atoms with Crippen LogP contribution in [0.3, 0.4) is 0 Å². The molecular formula is C76H74N2O. The molecule has 0 aromatic heterocycles. The van der Waals surface area contributed by atoms with Crippen molar-refractivity contribution < 1.29 is 5.11 Å². The van der Waals surface area contributed by atoms with Crippen molar-refractivity contribution in [3.05, 3.63) is 158 Å². The number of phenols is 1. The zero-order chi connectivity index (χ0) is 58.0. The molecule has 0 saturated heterocycles. The molecule has 0 amide bonds. The van der Waals surface area contributed by atoms with Crippen LogP contribution in [-0.4, -0.2) is 5.11 Å². The van der Waals surface area contributed by atoms with Gasteiger partial charge in [-0.1, -0.05) is 143 Å². The van der Waals surface area contributed by atoms with Crippen LogP contribution in [-0.2, 0) is 0 Å². The van der Waals surface area contributed by atoms with Crippen LogP contribution in [0, 0.1) is 145 Å². The van der Waals surface area contributed by atoms with Gasteiger partial charge in [-0.05, 0) is 197 Å². The second-order valence-corrected chi connectivity index (χ2v) is 26.2. The van der Waals surface area contributed by atoms with Gasteiger partial charge in [-0.15, -0.1) is 10.2 Å². The first-order chi connectivity index (χ1) is 36.7. The molecule has 1 aliphatic carbocycles. The average molecular weight is 1030 g/mol. The molecule has 394 valence electrons. The molecule has 5 aromatic rings. The molecule has 6 rings (SSSR count). The van der Waals surface area contributed by atoms with E-state index in [0.717, 1.165) is 55.3 Å². The first kappa shape index (κ1) is 59.5. The maximum atomic E-state index is 11.3. The number of hydrogen-bond donors (Lipinski definition) is 1. The third-order valence-electron chi connectivity index (χ3n) is 10.8. The van der Waals surface area contributed by atoms with Crippen LogP contribution in [0.4, 0.5) is 11.4 Å². The standard InChI is InChI=1S/C76H74N2O/c1-71(2,3)37-31-58-43-54(44-59(49-58)32-38-72(4,5)6)23-24-57-52-65(27-25-55-45-60(33-39-73(7,8)9)50-61(46-55)34-40-74(10,11)12)69(77-78-70-67-22-20-19-21-64(67)29-30-68(70)79)66(53-57)28-26-56-47-62(35-41-75(13,14)15)51-63(48-56)36-42-76(16,17)18/h19-22,29-30,43,45-53,59,79H,44H2,1-18H3. The zero-order valence-electron chi connectivity index (χ0n) is 49.9. The first-order valence-electron chi connectivity index (χ1n) is 27.0. The maximum absolute atomic E-state index is 11.3. The highest BCUT2D eigenvalue weighted by Crippen LogP contribution is 2.37. The Hall–Kier alpha value is -8.72. The third-order valence-corrected chi connectivity index (χ3v) is 10.8. The fourth-order valence-corrected chi connectivity index (χ4v) is 7.25. The molecule has 0 heterocycles. The van der Waals surface area contributed by atoms with Gasteiger partial charge in [0.05, 0.1) is 11.1 Å². The van der Waals surface area contributed by atoms with E-state index >= 15 is 0 Å². The molecule has 0 fully saturated rings. The number of rotatable bonds is 2. The largest absolute Gasteiger partial charge is 0.506 e. The van der Waals surface area contributed by atoms with E-state index in [1.54, 1.807) is 6.07 Å². The molecule has 3 heteroatoms. The molecule has 5 aromatic carbocycles. The van der Waals surface area contributed by atoms with Crippen LogP contribution in [0.15, 0.2) is 118 Å². The Bertz CT molecular complexity index is 3670. The van der Waals surface area contributed by atoms with E-state index in [9.17, 15) is 5.11 Å². The third kappa shape index (κ3) is 20.6. The number of azo groups is 1. The lowest BCUT2D eigenvalue weighted by Crippen LogP contribution is -2.06. The van der Waals surface area contributed by atoms with E-state index in [2.05, 4.69) is 243 Å². The lowest BCUT2D eigenvalue weighted by molar-refractivity contribution is 0.477. The lowest BCUT2D eigenvalue weighted by Gasteiger charge is -2.15. The fourth-order valence-electron chi connectivity index (χ4n) is 7.25. The zero-order valence-corrected chi connectivity index (χ0v) is 49.9. The Morgan fingerprint density at radius 2 is 0.772 bits per heavy atom. The highest BCUT2D eigenvalue weighted by molar-refractivity contribution is 5.95. The summed E-state index contributed by atoms with van der Waals surface area (Å²) in [7, 11) is 0. The van der Waals surface area contributed by atoms with Crippen molar-refractivity contribution in [2.75, 3.05) is 0 Å². The molecule has 1 aliphatic rings. The van der Waals surface area contributed by atoms with Gasteiger partial charge in [-0.2, -0.15) is 0 Å². The minimum absolute atomic E-state index is 0.00813. The SMILES string of the molecule is CC(C)(C)C#CC1=CC(C#CC(C)(C)C)CC(C#Cc2cc(C#Cc3cc(C#CC(C)(C)C)cc(C#CC(C)(C)C)c3)c(N=Nc3c(O)ccc4ccccc34)c(C#Cc3cc(C#CC(C)(C)C)cc(C#CC(C)(C)C)c3)c2)=C1. The van der Waals surface area contributed by atoms with Crippen LogP contribution >= 0.6 is 0 Å². The average Bonchev–Trinajstić information content (AvgIpc) is 3.34. The van der Waals surface area contributed by atoms with Crippen LogP contribution in [0.25, 0.3) is 10.8 Å². The van der Waals surface area contributed by atoms with Crippen molar-refractivity contribution in [2.24, 2.45) is 48.6 Å². The van der Waals surface area contributed by atoms with Crippen molar-refractivity contribution in [1.29, 1.82) is 0 Å². The van der Waals surface area contributed by atoms with Gasteiger partial charge in [0.2, 0.25) is 0 Å². The molecule has 0 saturated carbocycles. The maximum Gasteiger partial charge on any atom is 0.143 e. The van der Waals surface area contributed by atoms with Crippen LogP contribution in [0.1, 0.15) is 181 Å². The summed E-state index contributed by atoms with van der Waals surface area (Å²) < 4.78 is 0. The molecular weight excluding hydrogens is 957 g/mol. The second-order valence-electron chi connectivity index (χ2n) is 26.2. The van der Waals surface area contributed by atoms with E-state index in [1.807, 2.05) is 78.9 Å². The summed E-state index contributed by atoms with van der Waals surface area (Å²) in [5, 5.41) is 22.8. The molecule has 0 radical (unpaired) electrons. The number of aromatic hydroxyl groups is 1. The number of benzene rings is 5. The van der Waals surface area contributed by atoms with Gasteiger partial charge >= 0.3 is 0 Å². The number of allylic oxidation sites excluding steroid dienone is 4. The number of fused-ring (bicyclic) bond motifs is 1. The van der Waals surface area contributed by atoms with Gasteiger partial charge in [0.15, 0.2) is 0 Å². The van der Waals surface area contributed by atoms with Gasteiger partial charge in [0, 0.05) is 93.9 Å². The molecule has 1 atom stereocenters. The summed E-state index contributed by atoms with van der Waals surface area (Å²) in [5.41, 5.74) is 7.73. The monoisotopic (exact) mass is 1030 g/mol. The molecule has 0 spiro atoms. The minimum atomic E-state index is -0.217. The predicted octanol–water partition coefficient (Wildman–Crippen LogP) is 17.7. The van der Waals surface area contributed by atoms with Crippen molar-refractivity contribution in [3.63, 3.8) is 0 Å². The Balaban J connectivity index is 1.69. The topological polar surface area (TPSA) is 45.0 Å². The number of nitrogens with zero attached hydrogens (tertiary/aromatic N) is 2. The van der Waals surface area contributed by atoms with Crippen molar-refractivity contribution in [3.8, 4) is 112 Å². The van der Waals surface area contributed by atoms with E-state index in [0.29, 0.717) is 34.5 Å². The summed E-state index contributed by atoms with van der Waals surface area (Å²) in [6, 6.07) is 27.1. The van der Waals surface area contributed by atoms with Gasteiger partial charge in [-0.3, -0.25) is 0 Å². The Kier molecular flexibility index (Phi) is 18.3. The summed E-state index contributed by atoms with van der Waals surface area (Å²) in [6.45, 7) is 37.8. The minimum Gasteiger partial charge on any atom is -0.506 e. The van der Waals surface area contributed by atoms with E-state index in [-0.39, 0.29) is 44.2 Å². The Morgan fingerprint density at radius 3 is 1.22 bits per heavy atom. The number of phenolic OH excluding ortho intramolecular Hbond substituents is 1. The van der Waals surface area contributed by atoms with E-state index in [4.69, 9.17) is 10.2 Å². The van der Waals surface area contributed by atoms with E-state index < -0.39 is 0 Å². The highest BCUT2D eigenvalue weighted by Gasteiger charge is 2.16. The first-order valence-corrected chi connectivity index (χ1v) is 27.0. The summed E-state index contributed by atoms with van der Waals surface area (Å²) in [6.07, 6.45) is 4.87. The summed E-state index contributed by atoms with van der Waals surface area (Å²) in [5.74, 6) is 61.7. The lowest BCUT2D eigenvalue weighted by atomic mass is 9.88. The molecule has 1 unspecified atom stereocenters. The van der Waals surface area contributed by atoms with Crippen molar-refractivity contribution >= 4 is 22.1 Å².